The van der Waals surface area contributed by atoms with Gasteiger partial charge in [0.1, 0.15) is 0 Å². The van der Waals surface area contributed by atoms with E-state index in [9.17, 15) is 0 Å². The van der Waals surface area contributed by atoms with Crippen molar-refractivity contribution in [2.24, 2.45) is 5.92 Å². The van der Waals surface area contributed by atoms with Crippen molar-refractivity contribution in [1.29, 1.82) is 0 Å². The molecule has 0 radical (unpaired) electrons. The van der Waals surface area contributed by atoms with Crippen LogP contribution in [0.2, 0.25) is 0 Å². The first-order valence-electron chi connectivity index (χ1n) is 6.14. The molecule has 0 aliphatic heterocycles. The van der Waals surface area contributed by atoms with Gasteiger partial charge in [-0.1, -0.05) is 64.3 Å². The minimum atomic E-state index is 0. The molecule has 0 unspecified atom stereocenters. The van der Waals surface area contributed by atoms with Crippen molar-refractivity contribution < 1.29 is 0 Å². The van der Waals surface area contributed by atoms with Crippen LogP contribution in [0.3, 0.4) is 0 Å². The SMILES string of the molecule is C.C/C=C\C=C(/C)C1CCCCC1.CC. The highest BCUT2D eigenvalue weighted by molar-refractivity contribution is 5.13. The minimum absolute atomic E-state index is 0. The third kappa shape index (κ3) is 7.41. The maximum Gasteiger partial charge on any atom is -0.0203 e. The highest BCUT2D eigenvalue weighted by Gasteiger charge is 2.13. The Balaban J connectivity index is 0. The van der Waals surface area contributed by atoms with Gasteiger partial charge in [-0.15, -0.1) is 0 Å². The maximum atomic E-state index is 2.27. The normalized spacial score (nSPS) is 18.0. The lowest BCUT2D eigenvalue weighted by atomic mass is 9.84. The van der Waals surface area contributed by atoms with E-state index in [4.69, 9.17) is 0 Å². The summed E-state index contributed by atoms with van der Waals surface area (Å²) < 4.78 is 0. The molecule has 0 aromatic carbocycles. The molecule has 1 rings (SSSR count). The molecule has 90 valence electrons. The molecule has 0 atom stereocenters. The van der Waals surface area contributed by atoms with Crippen LogP contribution in [0, 0.1) is 5.92 Å². The van der Waals surface area contributed by atoms with E-state index in [1.54, 1.807) is 5.57 Å². The predicted molar refractivity (Wildman–Crippen MR) is 73.2 cm³/mol. The summed E-state index contributed by atoms with van der Waals surface area (Å²) in [5.41, 5.74) is 1.58. The number of allylic oxidation sites excluding steroid dienone is 4. The van der Waals surface area contributed by atoms with Gasteiger partial charge in [0.2, 0.25) is 0 Å². The molecule has 0 amide bonds. The van der Waals surface area contributed by atoms with E-state index in [-0.39, 0.29) is 7.43 Å². The van der Waals surface area contributed by atoms with Crippen LogP contribution in [0.4, 0.5) is 0 Å². The summed E-state index contributed by atoms with van der Waals surface area (Å²) in [5.74, 6) is 0.884. The summed E-state index contributed by atoms with van der Waals surface area (Å²) in [4.78, 5) is 0. The first-order valence-corrected chi connectivity index (χ1v) is 6.14. The summed E-state index contributed by atoms with van der Waals surface area (Å²) in [5, 5.41) is 0. The molecule has 1 aliphatic carbocycles. The summed E-state index contributed by atoms with van der Waals surface area (Å²) in [7, 11) is 0. The number of hydrogen-bond donors (Lipinski definition) is 0. The van der Waals surface area contributed by atoms with Crippen LogP contribution >= 0.6 is 0 Å². The summed E-state index contributed by atoms with van der Waals surface area (Å²) >= 11 is 0. The molecule has 0 heteroatoms. The van der Waals surface area contributed by atoms with Gasteiger partial charge in [0.05, 0.1) is 0 Å². The third-order valence-electron chi connectivity index (χ3n) is 2.80. The van der Waals surface area contributed by atoms with Crippen LogP contribution in [-0.4, -0.2) is 0 Å². The Hall–Kier alpha value is -0.520. The van der Waals surface area contributed by atoms with Crippen molar-refractivity contribution in [3.63, 3.8) is 0 Å². The quantitative estimate of drug-likeness (QED) is 0.509. The molecule has 0 N–H and O–H groups in total. The van der Waals surface area contributed by atoms with Crippen LogP contribution in [0.25, 0.3) is 0 Å². The van der Waals surface area contributed by atoms with Crippen molar-refractivity contribution in [3.8, 4) is 0 Å². The molecule has 0 aromatic heterocycles. The lowest BCUT2D eigenvalue weighted by molar-refractivity contribution is 0.403. The van der Waals surface area contributed by atoms with Crippen molar-refractivity contribution in [2.45, 2.75) is 67.2 Å². The van der Waals surface area contributed by atoms with Crippen LogP contribution < -0.4 is 0 Å². The third-order valence-corrected chi connectivity index (χ3v) is 2.80. The molecule has 0 heterocycles. The van der Waals surface area contributed by atoms with Gasteiger partial charge in [-0.25, -0.2) is 0 Å². The van der Waals surface area contributed by atoms with E-state index in [1.807, 2.05) is 13.8 Å². The molecule has 0 saturated heterocycles. The van der Waals surface area contributed by atoms with Crippen molar-refractivity contribution in [2.75, 3.05) is 0 Å². The van der Waals surface area contributed by atoms with E-state index < -0.39 is 0 Å². The van der Waals surface area contributed by atoms with E-state index in [2.05, 4.69) is 32.1 Å². The average molecular weight is 210 g/mol. The number of rotatable bonds is 2. The molecule has 1 aliphatic rings. The van der Waals surface area contributed by atoms with Gasteiger partial charge >= 0.3 is 0 Å². The Morgan fingerprint density at radius 3 is 2.07 bits per heavy atom. The summed E-state index contributed by atoms with van der Waals surface area (Å²) in [6, 6.07) is 0. The van der Waals surface area contributed by atoms with Gasteiger partial charge in [0.25, 0.3) is 0 Å². The minimum Gasteiger partial charge on any atom is -0.0877 e. The fourth-order valence-electron chi connectivity index (χ4n) is 1.94. The zero-order valence-corrected chi connectivity index (χ0v) is 10.3. The predicted octanol–water partition coefficient (Wildman–Crippen LogP) is 5.75. The smallest absolute Gasteiger partial charge is 0.0203 e. The highest BCUT2D eigenvalue weighted by atomic mass is 14.2. The van der Waals surface area contributed by atoms with E-state index >= 15 is 0 Å². The maximum absolute atomic E-state index is 2.27. The topological polar surface area (TPSA) is 0 Å². The average Bonchev–Trinajstić information content (AvgIpc) is 2.30. The van der Waals surface area contributed by atoms with E-state index in [1.165, 1.54) is 32.1 Å². The molecule has 1 fully saturated rings. The van der Waals surface area contributed by atoms with Crippen LogP contribution in [-0.2, 0) is 0 Å². The Kier molecular flexibility index (Phi) is 13.0. The lowest BCUT2D eigenvalue weighted by Crippen LogP contribution is -2.06. The molecule has 0 spiro atoms. The Labute approximate surface area is 97.5 Å². The van der Waals surface area contributed by atoms with Gasteiger partial charge in [-0.05, 0) is 32.6 Å². The van der Waals surface area contributed by atoms with Gasteiger partial charge in [0.15, 0.2) is 0 Å². The molecular formula is C15H30. The van der Waals surface area contributed by atoms with E-state index in [0.717, 1.165) is 5.92 Å². The second-order valence-corrected chi connectivity index (χ2v) is 3.77. The monoisotopic (exact) mass is 210 g/mol. The second-order valence-electron chi connectivity index (χ2n) is 3.77. The Morgan fingerprint density at radius 2 is 1.60 bits per heavy atom. The van der Waals surface area contributed by atoms with Gasteiger partial charge in [-0.3, -0.25) is 0 Å². The first kappa shape index (κ1) is 16.9. The van der Waals surface area contributed by atoms with Gasteiger partial charge < -0.3 is 0 Å². The summed E-state index contributed by atoms with van der Waals surface area (Å²) in [6.07, 6.45) is 13.7. The van der Waals surface area contributed by atoms with Crippen LogP contribution in [0.15, 0.2) is 23.8 Å². The van der Waals surface area contributed by atoms with Crippen LogP contribution in [0.5, 0.6) is 0 Å². The zero-order valence-electron chi connectivity index (χ0n) is 10.3. The van der Waals surface area contributed by atoms with Gasteiger partial charge in [0, 0.05) is 0 Å². The van der Waals surface area contributed by atoms with Crippen molar-refractivity contribution in [3.05, 3.63) is 23.8 Å². The molecule has 15 heavy (non-hydrogen) atoms. The largest absolute Gasteiger partial charge is 0.0877 e. The second kappa shape index (κ2) is 11.6. The Bertz CT molecular complexity index is 168. The fraction of sp³-hybridized carbons (Fsp3) is 0.733. The summed E-state index contributed by atoms with van der Waals surface area (Å²) in [6.45, 7) is 8.35. The standard InChI is InChI=1S/C12H20.C2H6.CH4/c1-3-4-8-11(2)12-9-6-5-7-10-12;1-2;/h3-4,8,12H,5-7,9-10H2,1-2H3;1-2H3;1H4/b4-3-,11-8+;;. The lowest BCUT2D eigenvalue weighted by Gasteiger charge is -2.21. The van der Waals surface area contributed by atoms with E-state index in [0.29, 0.717) is 0 Å². The van der Waals surface area contributed by atoms with Crippen molar-refractivity contribution >= 4 is 0 Å². The molecule has 0 nitrogen and oxygen atoms in total. The first-order chi connectivity index (χ1) is 6.84. The molecular weight excluding hydrogens is 180 g/mol. The van der Waals surface area contributed by atoms with Gasteiger partial charge in [-0.2, -0.15) is 0 Å². The van der Waals surface area contributed by atoms with Crippen molar-refractivity contribution in [1.82, 2.24) is 0 Å². The number of hydrogen-bond acceptors (Lipinski definition) is 0. The zero-order chi connectivity index (χ0) is 10.8. The molecule has 0 bridgehead atoms. The molecule has 1 saturated carbocycles. The fourth-order valence-corrected chi connectivity index (χ4v) is 1.94. The molecule has 0 aromatic rings. The van der Waals surface area contributed by atoms with Crippen LogP contribution in [0.1, 0.15) is 67.2 Å². The Morgan fingerprint density at radius 1 is 1.07 bits per heavy atom. The highest BCUT2D eigenvalue weighted by Crippen LogP contribution is 2.29.